The number of hydrogen-bond donors (Lipinski definition) is 0. The van der Waals surface area contributed by atoms with Crippen LogP contribution in [0.2, 0.25) is 0 Å². The monoisotopic (exact) mass is 547 g/mol. The highest BCUT2D eigenvalue weighted by Crippen LogP contribution is 2.30. The molecule has 1 saturated heterocycles. The standard InChI is InChI=1S/C27H34FN3O4S2/c1-18(2)16-31(17-19(3)4)37(33,34)23-8-5-20(6-9-23)26(32)30-13-11-22(12-14-30)35-27-29-24-10-7-21(28)15-25(24)36-27/h5-10,15,18-19,22H,11-14,16-17H2,1-4H3. The fourth-order valence-electron chi connectivity index (χ4n) is 4.43. The third kappa shape index (κ3) is 6.66. The molecule has 0 N–H and O–H groups in total. The lowest BCUT2D eigenvalue weighted by Crippen LogP contribution is -2.41. The minimum absolute atomic E-state index is 0.0742. The molecule has 1 fully saturated rings. The second-order valence-corrected chi connectivity index (χ2v) is 13.3. The molecule has 2 aromatic carbocycles. The minimum atomic E-state index is -3.64. The van der Waals surface area contributed by atoms with E-state index >= 15 is 0 Å². The van der Waals surface area contributed by atoms with Crippen molar-refractivity contribution in [3.63, 3.8) is 0 Å². The summed E-state index contributed by atoms with van der Waals surface area (Å²) in [5.41, 5.74) is 1.17. The third-order valence-corrected chi connectivity index (χ3v) is 8.96. The van der Waals surface area contributed by atoms with E-state index in [2.05, 4.69) is 4.98 Å². The van der Waals surface area contributed by atoms with Gasteiger partial charge in [0.25, 0.3) is 11.1 Å². The molecule has 3 aromatic rings. The van der Waals surface area contributed by atoms with Crippen LogP contribution >= 0.6 is 11.3 Å². The minimum Gasteiger partial charge on any atom is -0.467 e. The van der Waals surface area contributed by atoms with E-state index in [0.29, 0.717) is 55.3 Å². The number of carbonyl (C=O) groups is 1. The molecular weight excluding hydrogens is 513 g/mol. The summed E-state index contributed by atoms with van der Waals surface area (Å²) < 4.78 is 48.2. The van der Waals surface area contributed by atoms with Crippen LogP contribution in [-0.4, -0.2) is 60.8 Å². The normalized spacial score (nSPS) is 15.3. The molecule has 200 valence electrons. The molecule has 4 rings (SSSR count). The number of carbonyl (C=O) groups excluding carboxylic acids is 1. The van der Waals surface area contributed by atoms with Crippen molar-refractivity contribution in [1.82, 2.24) is 14.2 Å². The molecule has 1 aliphatic rings. The van der Waals surface area contributed by atoms with Gasteiger partial charge in [0, 0.05) is 44.6 Å². The maximum Gasteiger partial charge on any atom is 0.274 e. The van der Waals surface area contributed by atoms with Crippen LogP contribution in [0.25, 0.3) is 10.2 Å². The van der Waals surface area contributed by atoms with E-state index in [1.54, 1.807) is 23.1 Å². The zero-order valence-corrected chi connectivity index (χ0v) is 23.3. The largest absolute Gasteiger partial charge is 0.467 e. The van der Waals surface area contributed by atoms with Crippen LogP contribution in [-0.2, 0) is 10.0 Å². The van der Waals surface area contributed by atoms with E-state index < -0.39 is 10.0 Å². The second-order valence-electron chi connectivity index (χ2n) is 10.3. The number of ether oxygens (including phenoxy) is 1. The van der Waals surface area contributed by atoms with Gasteiger partial charge in [0.1, 0.15) is 11.9 Å². The lowest BCUT2D eigenvalue weighted by Gasteiger charge is -2.31. The van der Waals surface area contributed by atoms with Gasteiger partial charge in [0.2, 0.25) is 10.0 Å². The van der Waals surface area contributed by atoms with Crippen LogP contribution in [0.1, 0.15) is 50.9 Å². The molecule has 0 bridgehead atoms. The summed E-state index contributed by atoms with van der Waals surface area (Å²) in [5, 5.41) is 0.506. The van der Waals surface area contributed by atoms with Crippen molar-refractivity contribution in [2.24, 2.45) is 11.8 Å². The van der Waals surface area contributed by atoms with E-state index in [1.165, 1.54) is 39.9 Å². The van der Waals surface area contributed by atoms with E-state index in [0.717, 1.165) is 4.70 Å². The van der Waals surface area contributed by atoms with Gasteiger partial charge in [0.15, 0.2) is 0 Å². The van der Waals surface area contributed by atoms with Crippen molar-refractivity contribution in [2.75, 3.05) is 26.2 Å². The quantitative estimate of drug-likeness (QED) is 0.357. The van der Waals surface area contributed by atoms with Gasteiger partial charge in [-0.3, -0.25) is 4.79 Å². The zero-order chi connectivity index (χ0) is 26.7. The fraction of sp³-hybridized carbons (Fsp3) is 0.481. The molecule has 0 atom stereocenters. The summed E-state index contributed by atoms with van der Waals surface area (Å²) in [7, 11) is -3.64. The topological polar surface area (TPSA) is 79.8 Å². The van der Waals surface area contributed by atoms with Crippen LogP contribution in [0, 0.1) is 17.7 Å². The Bertz CT molecular complexity index is 1320. The maximum atomic E-state index is 13.4. The van der Waals surface area contributed by atoms with Gasteiger partial charge in [-0.05, 0) is 54.3 Å². The number of aromatic nitrogens is 1. The number of sulfonamides is 1. The maximum absolute atomic E-state index is 13.4. The Balaban J connectivity index is 1.36. The number of nitrogens with zero attached hydrogens (tertiary/aromatic N) is 3. The Labute approximate surface area is 222 Å². The molecule has 7 nitrogen and oxygen atoms in total. The van der Waals surface area contributed by atoms with Gasteiger partial charge in [-0.25, -0.2) is 17.8 Å². The molecule has 37 heavy (non-hydrogen) atoms. The van der Waals surface area contributed by atoms with Crippen molar-refractivity contribution in [2.45, 2.75) is 51.5 Å². The first-order valence-electron chi connectivity index (χ1n) is 12.6. The van der Waals surface area contributed by atoms with Crippen LogP contribution < -0.4 is 4.74 Å². The van der Waals surface area contributed by atoms with Crippen LogP contribution in [0.4, 0.5) is 4.39 Å². The van der Waals surface area contributed by atoms with Crippen LogP contribution in [0.3, 0.4) is 0 Å². The first kappa shape index (κ1) is 27.5. The summed E-state index contributed by atoms with van der Waals surface area (Å²) in [5.74, 6) is -0.0134. The second kappa shape index (κ2) is 11.4. The lowest BCUT2D eigenvalue weighted by atomic mass is 10.1. The zero-order valence-electron chi connectivity index (χ0n) is 21.7. The number of benzene rings is 2. The van der Waals surface area contributed by atoms with Crippen molar-refractivity contribution >= 4 is 37.5 Å². The fourth-order valence-corrected chi connectivity index (χ4v) is 7.11. The average molecular weight is 548 g/mol. The van der Waals surface area contributed by atoms with Crippen LogP contribution in [0.15, 0.2) is 47.4 Å². The van der Waals surface area contributed by atoms with Gasteiger partial charge in [-0.15, -0.1) is 0 Å². The molecule has 0 radical (unpaired) electrons. The molecule has 0 saturated carbocycles. The van der Waals surface area contributed by atoms with Gasteiger partial charge < -0.3 is 9.64 Å². The number of thiazole rings is 1. The van der Waals surface area contributed by atoms with Gasteiger partial charge >= 0.3 is 0 Å². The summed E-state index contributed by atoms with van der Waals surface area (Å²) in [6.07, 6.45) is 1.24. The molecular formula is C27H34FN3O4S2. The van der Waals surface area contributed by atoms with Gasteiger partial charge in [-0.1, -0.05) is 39.0 Å². The van der Waals surface area contributed by atoms with Crippen LogP contribution in [0.5, 0.6) is 5.19 Å². The Kier molecular flexibility index (Phi) is 8.50. The number of likely N-dealkylation sites (tertiary alicyclic amines) is 1. The highest BCUT2D eigenvalue weighted by Gasteiger charge is 2.28. The summed E-state index contributed by atoms with van der Waals surface area (Å²) >= 11 is 1.31. The number of fused-ring (bicyclic) bond motifs is 1. The van der Waals surface area contributed by atoms with E-state index in [9.17, 15) is 17.6 Å². The predicted octanol–water partition coefficient (Wildman–Crippen LogP) is 5.42. The Morgan fingerprint density at radius 2 is 1.70 bits per heavy atom. The number of hydrogen-bond acceptors (Lipinski definition) is 6. The predicted molar refractivity (Wildman–Crippen MR) is 144 cm³/mol. The number of amides is 1. The van der Waals surface area contributed by atoms with E-state index in [4.69, 9.17) is 4.74 Å². The van der Waals surface area contributed by atoms with Gasteiger partial charge in [-0.2, -0.15) is 4.31 Å². The first-order valence-corrected chi connectivity index (χ1v) is 14.9. The SMILES string of the molecule is CC(C)CN(CC(C)C)S(=O)(=O)c1ccc(C(=O)N2CCC(Oc3nc4ccc(F)cc4s3)CC2)cc1. The number of halogens is 1. The molecule has 10 heteroatoms. The molecule has 2 heterocycles. The molecule has 0 spiro atoms. The Morgan fingerprint density at radius 1 is 1.08 bits per heavy atom. The Morgan fingerprint density at radius 3 is 2.30 bits per heavy atom. The van der Waals surface area contributed by atoms with Crippen molar-refractivity contribution in [3.05, 3.63) is 53.8 Å². The highest BCUT2D eigenvalue weighted by atomic mass is 32.2. The molecule has 0 aliphatic carbocycles. The van der Waals surface area contributed by atoms with Crippen molar-refractivity contribution in [1.29, 1.82) is 0 Å². The Hall–Kier alpha value is -2.56. The van der Waals surface area contributed by atoms with E-state index in [1.807, 2.05) is 27.7 Å². The molecule has 0 unspecified atom stereocenters. The smallest absolute Gasteiger partial charge is 0.274 e. The highest BCUT2D eigenvalue weighted by molar-refractivity contribution is 7.89. The molecule has 1 aliphatic heterocycles. The number of piperidine rings is 1. The first-order chi connectivity index (χ1) is 17.5. The van der Waals surface area contributed by atoms with Crippen molar-refractivity contribution in [3.8, 4) is 5.19 Å². The lowest BCUT2D eigenvalue weighted by molar-refractivity contribution is 0.0595. The summed E-state index contributed by atoms with van der Waals surface area (Å²) in [4.78, 5) is 19.5. The summed E-state index contributed by atoms with van der Waals surface area (Å²) in [6, 6.07) is 10.7. The third-order valence-electron chi connectivity index (χ3n) is 6.20. The molecule has 1 amide bonds. The number of rotatable bonds is 9. The summed E-state index contributed by atoms with van der Waals surface area (Å²) in [6.45, 7) is 9.95. The van der Waals surface area contributed by atoms with E-state index in [-0.39, 0.29) is 34.6 Å². The molecule has 1 aromatic heterocycles. The average Bonchev–Trinajstić information content (AvgIpc) is 3.24. The van der Waals surface area contributed by atoms with Gasteiger partial charge in [0.05, 0.1) is 15.1 Å². The van der Waals surface area contributed by atoms with Crippen molar-refractivity contribution < 1.29 is 22.3 Å².